The van der Waals surface area contributed by atoms with E-state index in [0.717, 1.165) is 6.54 Å². The van der Waals surface area contributed by atoms with Crippen LogP contribution >= 0.6 is 24.0 Å². The first-order valence-corrected chi connectivity index (χ1v) is 8.33. The van der Waals surface area contributed by atoms with Crippen LogP contribution in [0.4, 0.5) is 5.69 Å². The summed E-state index contributed by atoms with van der Waals surface area (Å²) in [6.45, 7) is 9.13. The van der Waals surface area contributed by atoms with Gasteiger partial charge in [0.25, 0.3) is 5.91 Å². The molecule has 2 atom stereocenters. The Kier molecular flexibility index (Phi) is 7.52. The van der Waals surface area contributed by atoms with Gasteiger partial charge in [-0.15, -0.1) is 12.4 Å². The highest BCUT2D eigenvalue weighted by molar-refractivity contribution is 6.34. The van der Waals surface area contributed by atoms with Crippen LogP contribution in [0.15, 0.2) is 18.2 Å². The van der Waals surface area contributed by atoms with Crippen LogP contribution in [0.2, 0.25) is 5.02 Å². The zero-order valence-electron chi connectivity index (χ0n) is 14.4. The Morgan fingerprint density at radius 1 is 1.33 bits per heavy atom. The Bertz CT molecular complexity index is 607. The van der Waals surface area contributed by atoms with Gasteiger partial charge in [0.05, 0.1) is 10.6 Å². The van der Waals surface area contributed by atoms with Gasteiger partial charge in [-0.05, 0) is 32.0 Å². The second kappa shape index (κ2) is 8.70. The van der Waals surface area contributed by atoms with E-state index in [0.29, 0.717) is 22.8 Å². The van der Waals surface area contributed by atoms with E-state index in [4.69, 9.17) is 11.6 Å². The lowest BCUT2D eigenvalue weighted by Gasteiger charge is -2.38. The molecule has 5 nitrogen and oxygen atoms in total. The summed E-state index contributed by atoms with van der Waals surface area (Å²) in [5.41, 5.74) is 1.02. The molecule has 134 valence electrons. The van der Waals surface area contributed by atoms with Gasteiger partial charge in [-0.1, -0.05) is 25.4 Å². The number of halogens is 2. The number of amides is 2. The van der Waals surface area contributed by atoms with Crippen molar-refractivity contribution in [2.45, 2.75) is 39.8 Å². The van der Waals surface area contributed by atoms with Gasteiger partial charge in [0.1, 0.15) is 0 Å². The normalized spacial score (nSPS) is 20.5. The minimum absolute atomic E-state index is 0. The lowest BCUT2D eigenvalue weighted by atomic mass is 10.0. The molecule has 0 aliphatic carbocycles. The zero-order valence-corrected chi connectivity index (χ0v) is 16.0. The SMILES string of the molecule is CC(C)C(=O)Nc1ccc(Cl)c(C(=O)N2CCNC(C)C2C)c1.Cl. The van der Waals surface area contributed by atoms with Gasteiger partial charge in [-0.25, -0.2) is 0 Å². The van der Waals surface area contributed by atoms with E-state index < -0.39 is 0 Å². The number of carbonyl (C=O) groups is 2. The summed E-state index contributed by atoms with van der Waals surface area (Å²) in [6.07, 6.45) is 0. The number of rotatable bonds is 3. The highest BCUT2D eigenvalue weighted by atomic mass is 35.5. The maximum absolute atomic E-state index is 12.8. The number of hydrogen-bond donors (Lipinski definition) is 2. The van der Waals surface area contributed by atoms with Crippen LogP contribution in [0.1, 0.15) is 38.1 Å². The third-order valence-corrected chi connectivity index (χ3v) is 4.61. The molecule has 0 bridgehead atoms. The molecule has 1 aliphatic rings. The van der Waals surface area contributed by atoms with Crippen LogP contribution in [0.5, 0.6) is 0 Å². The molecule has 2 unspecified atom stereocenters. The van der Waals surface area contributed by atoms with E-state index in [1.165, 1.54) is 0 Å². The Balaban J connectivity index is 0.00000288. The van der Waals surface area contributed by atoms with Crippen molar-refractivity contribution in [1.82, 2.24) is 10.2 Å². The molecule has 0 radical (unpaired) electrons. The number of anilines is 1. The minimum Gasteiger partial charge on any atom is -0.333 e. The molecule has 0 spiro atoms. The van der Waals surface area contributed by atoms with Crippen LogP contribution in [0.3, 0.4) is 0 Å². The number of piperazine rings is 1. The summed E-state index contributed by atoms with van der Waals surface area (Å²) in [6, 6.07) is 5.34. The molecule has 0 aromatic heterocycles. The first-order valence-electron chi connectivity index (χ1n) is 7.96. The van der Waals surface area contributed by atoms with Gasteiger partial charge in [-0.3, -0.25) is 9.59 Å². The van der Waals surface area contributed by atoms with Crippen molar-refractivity contribution in [2.24, 2.45) is 5.92 Å². The monoisotopic (exact) mass is 373 g/mol. The van der Waals surface area contributed by atoms with Crippen LogP contribution in [0, 0.1) is 5.92 Å². The highest BCUT2D eigenvalue weighted by Crippen LogP contribution is 2.24. The van der Waals surface area contributed by atoms with E-state index in [1.54, 1.807) is 18.2 Å². The van der Waals surface area contributed by atoms with Gasteiger partial charge in [0.2, 0.25) is 5.91 Å². The number of carbonyl (C=O) groups excluding carboxylic acids is 2. The third kappa shape index (κ3) is 4.62. The van der Waals surface area contributed by atoms with Crippen LogP contribution in [0.25, 0.3) is 0 Å². The standard InChI is InChI=1S/C17H24ClN3O2.ClH/c1-10(2)16(22)20-13-5-6-15(18)14(9-13)17(23)21-8-7-19-11(3)12(21)4;/h5-6,9-12,19H,7-8H2,1-4H3,(H,20,22);1H. The van der Waals surface area contributed by atoms with Crippen molar-refractivity contribution in [3.63, 3.8) is 0 Å². The average Bonchev–Trinajstić information content (AvgIpc) is 2.51. The molecule has 1 heterocycles. The second-order valence-electron chi connectivity index (χ2n) is 6.32. The molecule has 1 saturated heterocycles. The highest BCUT2D eigenvalue weighted by Gasteiger charge is 2.29. The lowest BCUT2D eigenvalue weighted by molar-refractivity contribution is -0.118. The van der Waals surface area contributed by atoms with Crippen molar-refractivity contribution < 1.29 is 9.59 Å². The molecule has 0 saturated carbocycles. The van der Waals surface area contributed by atoms with Crippen LogP contribution in [-0.2, 0) is 4.79 Å². The van der Waals surface area contributed by atoms with Crippen LogP contribution < -0.4 is 10.6 Å². The topological polar surface area (TPSA) is 61.4 Å². The summed E-state index contributed by atoms with van der Waals surface area (Å²) in [5.74, 6) is -0.315. The number of hydrogen-bond acceptors (Lipinski definition) is 3. The van der Waals surface area contributed by atoms with Gasteiger partial charge < -0.3 is 15.5 Å². The predicted molar refractivity (Wildman–Crippen MR) is 100 cm³/mol. The molecule has 2 N–H and O–H groups in total. The maximum Gasteiger partial charge on any atom is 0.255 e. The summed E-state index contributed by atoms with van der Waals surface area (Å²) >= 11 is 6.22. The van der Waals surface area contributed by atoms with E-state index in [2.05, 4.69) is 17.6 Å². The molecule has 1 fully saturated rings. The van der Waals surface area contributed by atoms with Gasteiger partial charge in [-0.2, -0.15) is 0 Å². The van der Waals surface area contributed by atoms with Gasteiger partial charge in [0, 0.05) is 36.8 Å². The fourth-order valence-electron chi connectivity index (χ4n) is 2.55. The molecule has 1 aromatic rings. The zero-order chi connectivity index (χ0) is 17.1. The largest absolute Gasteiger partial charge is 0.333 e. The number of nitrogens with zero attached hydrogens (tertiary/aromatic N) is 1. The van der Waals surface area contributed by atoms with Crippen molar-refractivity contribution in [1.29, 1.82) is 0 Å². The second-order valence-corrected chi connectivity index (χ2v) is 6.73. The Morgan fingerprint density at radius 3 is 2.62 bits per heavy atom. The van der Waals surface area contributed by atoms with Gasteiger partial charge >= 0.3 is 0 Å². The minimum atomic E-state index is -0.126. The molecule has 2 rings (SSSR count). The van der Waals surface area contributed by atoms with Crippen LogP contribution in [-0.4, -0.2) is 41.9 Å². The lowest BCUT2D eigenvalue weighted by Crippen LogP contribution is -2.57. The molecule has 7 heteroatoms. The van der Waals surface area contributed by atoms with E-state index in [1.807, 2.05) is 25.7 Å². The fraction of sp³-hybridized carbons (Fsp3) is 0.529. The van der Waals surface area contributed by atoms with E-state index >= 15 is 0 Å². The number of nitrogens with one attached hydrogen (secondary N) is 2. The summed E-state index contributed by atoms with van der Waals surface area (Å²) in [7, 11) is 0. The molecule has 1 aliphatic heterocycles. The van der Waals surface area contributed by atoms with Crippen molar-refractivity contribution in [3.8, 4) is 0 Å². The van der Waals surface area contributed by atoms with Crippen molar-refractivity contribution in [2.75, 3.05) is 18.4 Å². The Hall–Kier alpha value is -1.30. The average molecular weight is 374 g/mol. The number of benzene rings is 1. The first-order chi connectivity index (χ1) is 10.8. The summed E-state index contributed by atoms with van der Waals surface area (Å²) in [4.78, 5) is 26.5. The molecule has 1 aromatic carbocycles. The fourth-order valence-corrected chi connectivity index (χ4v) is 2.75. The molecular formula is C17H25Cl2N3O2. The molecular weight excluding hydrogens is 349 g/mol. The smallest absolute Gasteiger partial charge is 0.255 e. The predicted octanol–water partition coefficient (Wildman–Crippen LogP) is 3.18. The quantitative estimate of drug-likeness (QED) is 0.854. The Morgan fingerprint density at radius 2 is 2.00 bits per heavy atom. The van der Waals surface area contributed by atoms with E-state index in [-0.39, 0.29) is 42.2 Å². The third-order valence-electron chi connectivity index (χ3n) is 4.28. The molecule has 2 amide bonds. The van der Waals surface area contributed by atoms with Crippen molar-refractivity contribution >= 4 is 41.5 Å². The van der Waals surface area contributed by atoms with E-state index in [9.17, 15) is 9.59 Å². The summed E-state index contributed by atoms with van der Waals surface area (Å²) in [5, 5.41) is 6.55. The molecule has 24 heavy (non-hydrogen) atoms. The maximum atomic E-state index is 12.8. The van der Waals surface area contributed by atoms with Crippen molar-refractivity contribution in [3.05, 3.63) is 28.8 Å². The first kappa shape index (κ1) is 20.7. The summed E-state index contributed by atoms with van der Waals surface area (Å²) < 4.78 is 0. The van der Waals surface area contributed by atoms with Gasteiger partial charge in [0.15, 0.2) is 0 Å². The Labute approximate surface area is 154 Å².